The molecule has 1 aromatic rings. The van der Waals surface area contributed by atoms with Crippen LogP contribution in [-0.4, -0.2) is 37.1 Å². The van der Waals surface area contributed by atoms with Crippen LogP contribution >= 0.6 is 0 Å². The summed E-state index contributed by atoms with van der Waals surface area (Å²) in [5.41, 5.74) is 1.53. The van der Waals surface area contributed by atoms with Gasteiger partial charge in [0.25, 0.3) is 0 Å². The minimum Gasteiger partial charge on any atom is -0.315 e. The molecule has 1 aliphatic heterocycles. The van der Waals surface area contributed by atoms with E-state index in [1.165, 1.54) is 44.3 Å². The van der Waals surface area contributed by atoms with Gasteiger partial charge in [-0.3, -0.25) is 4.90 Å². The molecule has 0 aromatic heterocycles. The molecule has 0 spiro atoms. The number of likely N-dealkylation sites (tertiary alicyclic amines) is 1. The molecular formula is C16H24N2. The van der Waals surface area contributed by atoms with E-state index < -0.39 is 0 Å². The Morgan fingerprint density at radius 2 is 1.94 bits per heavy atom. The van der Waals surface area contributed by atoms with E-state index in [1.54, 1.807) is 0 Å². The van der Waals surface area contributed by atoms with Gasteiger partial charge in [-0.15, -0.1) is 0 Å². The van der Waals surface area contributed by atoms with E-state index >= 15 is 0 Å². The van der Waals surface area contributed by atoms with Gasteiger partial charge in [0.1, 0.15) is 0 Å². The van der Waals surface area contributed by atoms with Crippen molar-refractivity contribution < 1.29 is 0 Å². The first-order chi connectivity index (χ1) is 8.88. The molecule has 2 fully saturated rings. The van der Waals surface area contributed by atoms with E-state index in [4.69, 9.17) is 0 Å². The van der Waals surface area contributed by atoms with Crippen LogP contribution in [-0.2, 0) is 0 Å². The molecule has 1 saturated carbocycles. The summed E-state index contributed by atoms with van der Waals surface area (Å²) in [5, 5.41) is 3.50. The fourth-order valence-electron chi connectivity index (χ4n) is 3.80. The Morgan fingerprint density at radius 3 is 2.72 bits per heavy atom. The molecule has 3 unspecified atom stereocenters. The molecule has 0 bridgehead atoms. The van der Waals surface area contributed by atoms with E-state index in [1.807, 2.05) is 0 Å². The number of hydrogen-bond donors (Lipinski definition) is 1. The third-order valence-corrected chi connectivity index (χ3v) is 4.81. The summed E-state index contributed by atoms with van der Waals surface area (Å²) in [7, 11) is 2.12. The van der Waals surface area contributed by atoms with E-state index in [9.17, 15) is 0 Å². The first-order valence-electron chi connectivity index (χ1n) is 7.35. The first-order valence-corrected chi connectivity index (χ1v) is 7.35. The highest BCUT2D eigenvalue weighted by Gasteiger charge is 2.35. The molecule has 0 radical (unpaired) electrons. The molecule has 98 valence electrons. The van der Waals surface area contributed by atoms with Gasteiger partial charge in [-0.2, -0.15) is 0 Å². The van der Waals surface area contributed by atoms with Crippen LogP contribution in [0.1, 0.15) is 37.2 Å². The van der Waals surface area contributed by atoms with Crippen LogP contribution < -0.4 is 5.32 Å². The Kier molecular flexibility index (Phi) is 3.67. The molecule has 1 N–H and O–H groups in total. The molecule has 1 aromatic carbocycles. The molecule has 2 aliphatic rings. The molecule has 2 heteroatoms. The summed E-state index contributed by atoms with van der Waals surface area (Å²) in [4.78, 5) is 2.73. The number of rotatable bonds is 3. The maximum absolute atomic E-state index is 3.50. The van der Waals surface area contributed by atoms with Gasteiger partial charge in [-0.25, -0.2) is 0 Å². The van der Waals surface area contributed by atoms with Gasteiger partial charge in [-0.1, -0.05) is 36.8 Å². The molecule has 1 saturated heterocycles. The molecule has 1 heterocycles. The van der Waals surface area contributed by atoms with Crippen LogP contribution in [0.25, 0.3) is 0 Å². The quantitative estimate of drug-likeness (QED) is 0.879. The minimum absolute atomic E-state index is 0.722. The van der Waals surface area contributed by atoms with Gasteiger partial charge >= 0.3 is 0 Å². The standard InChI is InChI=1S/C16H24N2/c1-17-15-8-5-9-16(15)18-11-10-14(12-18)13-6-3-2-4-7-13/h2-4,6-7,14-17H,5,8-12H2,1H3. The van der Waals surface area contributed by atoms with Crippen LogP contribution in [0.5, 0.6) is 0 Å². The van der Waals surface area contributed by atoms with E-state index in [0.717, 1.165) is 18.0 Å². The van der Waals surface area contributed by atoms with Crippen molar-refractivity contribution in [2.24, 2.45) is 0 Å². The molecule has 18 heavy (non-hydrogen) atoms. The Morgan fingerprint density at radius 1 is 1.11 bits per heavy atom. The fraction of sp³-hybridized carbons (Fsp3) is 0.625. The lowest BCUT2D eigenvalue weighted by Gasteiger charge is -2.29. The molecule has 2 nitrogen and oxygen atoms in total. The van der Waals surface area contributed by atoms with Crippen LogP contribution in [0.3, 0.4) is 0 Å². The van der Waals surface area contributed by atoms with Crippen molar-refractivity contribution in [2.75, 3.05) is 20.1 Å². The second-order valence-electron chi connectivity index (χ2n) is 5.78. The van der Waals surface area contributed by atoms with Gasteiger partial charge in [0.15, 0.2) is 0 Å². The van der Waals surface area contributed by atoms with Gasteiger partial charge in [-0.05, 0) is 44.3 Å². The Labute approximate surface area is 110 Å². The van der Waals surface area contributed by atoms with Crippen LogP contribution in [0, 0.1) is 0 Å². The summed E-state index contributed by atoms with van der Waals surface area (Å²) in [5.74, 6) is 0.754. The zero-order chi connectivity index (χ0) is 12.4. The average Bonchev–Trinajstić information content (AvgIpc) is 3.08. The van der Waals surface area contributed by atoms with Gasteiger partial charge in [0.05, 0.1) is 0 Å². The van der Waals surface area contributed by atoms with E-state index in [-0.39, 0.29) is 0 Å². The van der Waals surface area contributed by atoms with Gasteiger partial charge in [0, 0.05) is 18.6 Å². The summed E-state index contributed by atoms with van der Waals surface area (Å²) < 4.78 is 0. The summed E-state index contributed by atoms with van der Waals surface area (Å²) >= 11 is 0. The molecule has 1 aliphatic carbocycles. The third kappa shape index (κ3) is 2.32. The second kappa shape index (κ2) is 5.41. The van der Waals surface area contributed by atoms with Crippen LogP contribution in [0.4, 0.5) is 0 Å². The van der Waals surface area contributed by atoms with Crippen LogP contribution in [0.2, 0.25) is 0 Å². The smallest absolute Gasteiger partial charge is 0.0249 e. The molecule has 0 amide bonds. The largest absolute Gasteiger partial charge is 0.315 e. The highest BCUT2D eigenvalue weighted by Crippen LogP contribution is 2.33. The Hall–Kier alpha value is -0.860. The van der Waals surface area contributed by atoms with Crippen molar-refractivity contribution in [3.8, 4) is 0 Å². The van der Waals surface area contributed by atoms with Crippen molar-refractivity contribution in [3.05, 3.63) is 35.9 Å². The normalized spacial score (nSPS) is 33.1. The molecular weight excluding hydrogens is 220 g/mol. The van der Waals surface area contributed by atoms with Crippen molar-refractivity contribution in [1.29, 1.82) is 0 Å². The van der Waals surface area contributed by atoms with Gasteiger partial charge < -0.3 is 5.32 Å². The fourth-order valence-corrected chi connectivity index (χ4v) is 3.80. The lowest BCUT2D eigenvalue weighted by atomic mass is 9.99. The Balaban J connectivity index is 1.65. The van der Waals surface area contributed by atoms with Crippen molar-refractivity contribution in [2.45, 2.75) is 43.7 Å². The van der Waals surface area contributed by atoms with Crippen molar-refractivity contribution >= 4 is 0 Å². The SMILES string of the molecule is CNC1CCCC1N1CCC(c2ccccc2)C1. The predicted molar refractivity (Wildman–Crippen MR) is 75.9 cm³/mol. The Bertz CT molecular complexity index is 376. The molecule has 3 atom stereocenters. The number of nitrogens with one attached hydrogen (secondary N) is 1. The van der Waals surface area contributed by atoms with E-state index in [2.05, 4.69) is 47.6 Å². The highest BCUT2D eigenvalue weighted by atomic mass is 15.2. The topological polar surface area (TPSA) is 15.3 Å². The maximum atomic E-state index is 3.50. The number of nitrogens with zero attached hydrogens (tertiary/aromatic N) is 1. The monoisotopic (exact) mass is 244 g/mol. The maximum Gasteiger partial charge on any atom is 0.0249 e. The first kappa shape index (κ1) is 12.2. The summed E-state index contributed by atoms with van der Waals surface area (Å²) in [6.07, 6.45) is 5.46. The summed E-state index contributed by atoms with van der Waals surface area (Å²) in [6.45, 7) is 2.54. The highest BCUT2D eigenvalue weighted by molar-refractivity contribution is 5.21. The minimum atomic E-state index is 0.722. The molecule has 3 rings (SSSR count). The third-order valence-electron chi connectivity index (χ3n) is 4.81. The summed E-state index contributed by atoms with van der Waals surface area (Å²) in [6, 6.07) is 12.5. The zero-order valence-electron chi connectivity index (χ0n) is 11.3. The van der Waals surface area contributed by atoms with Gasteiger partial charge in [0.2, 0.25) is 0 Å². The van der Waals surface area contributed by atoms with Crippen molar-refractivity contribution in [1.82, 2.24) is 10.2 Å². The zero-order valence-corrected chi connectivity index (χ0v) is 11.3. The predicted octanol–water partition coefficient (Wildman–Crippen LogP) is 2.62. The average molecular weight is 244 g/mol. The number of benzene rings is 1. The number of likely N-dealkylation sites (N-methyl/N-ethyl adjacent to an activating group) is 1. The lowest BCUT2D eigenvalue weighted by molar-refractivity contribution is 0.213. The van der Waals surface area contributed by atoms with Crippen molar-refractivity contribution in [3.63, 3.8) is 0 Å². The lowest BCUT2D eigenvalue weighted by Crippen LogP contribution is -2.44. The van der Waals surface area contributed by atoms with Crippen LogP contribution in [0.15, 0.2) is 30.3 Å². The second-order valence-corrected chi connectivity index (χ2v) is 5.78. The van der Waals surface area contributed by atoms with E-state index in [0.29, 0.717) is 0 Å². The number of hydrogen-bond acceptors (Lipinski definition) is 2.